The molecule has 0 amide bonds. The fraction of sp³-hybridized carbons (Fsp3) is 0.235. The van der Waals surface area contributed by atoms with Crippen molar-refractivity contribution in [1.29, 1.82) is 0 Å². The average Bonchev–Trinajstić information content (AvgIpc) is 2.93. The lowest BCUT2D eigenvalue weighted by Gasteiger charge is -2.10. The normalized spacial score (nSPS) is 10.8. The molecule has 0 aliphatic rings. The molecular weight excluding hydrogens is 370 g/mol. The number of aromatic nitrogens is 4. The van der Waals surface area contributed by atoms with Gasteiger partial charge in [0.25, 0.3) is 5.56 Å². The van der Waals surface area contributed by atoms with E-state index < -0.39 is 0 Å². The van der Waals surface area contributed by atoms with Crippen LogP contribution in [-0.4, -0.2) is 19.7 Å². The van der Waals surface area contributed by atoms with E-state index in [0.717, 1.165) is 27.2 Å². The number of aromatic amines is 1. The number of H-pyrrole nitrogens is 1. The summed E-state index contributed by atoms with van der Waals surface area (Å²) in [5.41, 5.74) is 2.54. The molecule has 0 spiro atoms. The van der Waals surface area contributed by atoms with Crippen LogP contribution in [0.4, 0.5) is 5.82 Å². The van der Waals surface area contributed by atoms with E-state index in [0.29, 0.717) is 18.9 Å². The molecule has 0 bridgehead atoms. The van der Waals surface area contributed by atoms with Gasteiger partial charge in [-0.15, -0.1) is 0 Å². The van der Waals surface area contributed by atoms with E-state index in [-0.39, 0.29) is 5.56 Å². The van der Waals surface area contributed by atoms with Gasteiger partial charge in [-0.3, -0.25) is 9.78 Å². The second kappa shape index (κ2) is 7.00. The van der Waals surface area contributed by atoms with Gasteiger partial charge in [0.1, 0.15) is 5.82 Å². The van der Waals surface area contributed by atoms with Gasteiger partial charge in [0, 0.05) is 28.8 Å². The first kappa shape index (κ1) is 16.4. The molecule has 2 aromatic heterocycles. The number of halogens is 1. The second-order valence-corrected chi connectivity index (χ2v) is 6.40. The third-order valence-corrected chi connectivity index (χ3v) is 4.03. The highest BCUT2D eigenvalue weighted by Crippen LogP contribution is 2.17. The number of aryl methyl sites for hydroxylation is 2. The summed E-state index contributed by atoms with van der Waals surface area (Å²) in [4.78, 5) is 19.0. The minimum absolute atomic E-state index is 0.178. The highest BCUT2D eigenvalue weighted by molar-refractivity contribution is 9.10. The molecule has 1 aromatic carbocycles. The lowest BCUT2D eigenvalue weighted by molar-refractivity contribution is 0.777. The van der Waals surface area contributed by atoms with E-state index in [9.17, 15) is 4.79 Å². The Bertz CT molecular complexity index is 915. The van der Waals surface area contributed by atoms with Gasteiger partial charge < -0.3 is 5.32 Å². The zero-order valence-corrected chi connectivity index (χ0v) is 15.1. The number of benzene rings is 1. The van der Waals surface area contributed by atoms with Crippen LogP contribution in [0.15, 0.2) is 45.7 Å². The molecule has 0 atom stereocenters. The Morgan fingerprint density at radius 1 is 1.29 bits per heavy atom. The number of hydrogen-bond donors (Lipinski definition) is 2. The van der Waals surface area contributed by atoms with Crippen LogP contribution in [0.5, 0.6) is 0 Å². The predicted octanol–water partition coefficient (Wildman–Crippen LogP) is 3.20. The number of anilines is 1. The molecule has 0 fully saturated rings. The largest absolute Gasteiger partial charge is 0.366 e. The molecule has 24 heavy (non-hydrogen) atoms. The number of nitrogens with one attached hydrogen (secondary N) is 2. The van der Waals surface area contributed by atoms with Crippen molar-refractivity contribution in [2.75, 3.05) is 5.32 Å². The molecule has 6 nitrogen and oxygen atoms in total. The van der Waals surface area contributed by atoms with Crippen LogP contribution in [0.3, 0.4) is 0 Å². The van der Waals surface area contributed by atoms with Crippen LogP contribution in [0, 0.1) is 6.92 Å². The highest BCUT2D eigenvalue weighted by Gasteiger charge is 2.10. The first-order valence-corrected chi connectivity index (χ1v) is 8.50. The maximum Gasteiger partial charge on any atom is 0.252 e. The Balaban J connectivity index is 1.90. The summed E-state index contributed by atoms with van der Waals surface area (Å²) in [7, 11) is 0. The van der Waals surface area contributed by atoms with E-state index in [1.807, 2.05) is 38.1 Å². The third kappa shape index (κ3) is 3.73. The molecule has 2 N–H and O–H groups in total. The molecule has 3 aromatic rings. The Labute approximate surface area is 148 Å². The van der Waals surface area contributed by atoms with Crippen molar-refractivity contribution in [1.82, 2.24) is 19.7 Å². The second-order valence-electron chi connectivity index (χ2n) is 5.48. The van der Waals surface area contributed by atoms with Crippen LogP contribution in [0.2, 0.25) is 0 Å². The Kier molecular flexibility index (Phi) is 4.80. The standard InChI is InChI=1S/C17H18BrN5O/c1-3-14-9-16(24)21-17(20-14)23-15(7-11(2)22-23)19-10-12-5-4-6-13(18)8-12/h4-9,19H,3,10H2,1-2H3,(H,20,21,24). The van der Waals surface area contributed by atoms with Gasteiger partial charge in [-0.2, -0.15) is 9.78 Å². The number of hydrogen-bond acceptors (Lipinski definition) is 4. The molecule has 0 unspecified atom stereocenters. The molecule has 3 rings (SSSR count). The zero-order valence-electron chi connectivity index (χ0n) is 13.5. The van der Waals surface area contributed by atoms with Crippen molar-refractivity contribution in [3.8, 4) is 5.95 Å². The zero-order chi connectivity index (χ0) is 17.1. The first-order chi connectivity index (χ1) is 11.5. The Morgan fingerprint density at radius 2 is 2.12 bits per heavy atom. The highest BCUT2D eigenvalue weighted by atomic mass is 79.9. The van der Waals surface area contributed by atoms with E-state index in [1.165, 1.54) is 6.07 Å². The van der Waals surface area contributed by atoms with Gasteiger partial charge in [-0.1, -0.05) is 35.0 Å². The van der Waals surface area contributed by atoms with Gasteiger partial charge in [0.2, 0.25) is 5.95 Å². The van der Waals surface area contributed by atoms with E-state index in [2.05, 4.69) is 42.4 Å². The minimum atomic E-state index is -0.178. The van der Waals surface area contributed by atoms with Crippen molar-refractivity contribution in [2.45, 2.75) is 26.8 Å². The topological polar surface area (TPSA) is 75.6 Å². The minimum Gasteiger partial charge on any atom is -0.366 e. The first-order valence-electron chi connectivity index (χ1n) is 7.70. The summed E-state index contributed by atoms with van der Waals surface area (Å²) in [5, 5.41) is 7.79. The van der Waals surface area contributed by atoms with Crippen molar-refractivity contribution < 1.29 is 0 Å². The van der Waals surface area contributed by atoms with Crippen LogP contribution >= 0.6 is 15.9 Å². The molecule has 0 radical (unpaired) electrons. The fourth-order valence-corrected chi connectivity index (χ4v) is 2.85. The Hall–Kier alpha value is -2.41. The van der Waals surface area contributed by atoms with Crippen molar-refractivity contribution in [2.24, 2.45) is 0 Å². The van der Waals surface area contributed by atoms with Crippen molar-refractivity contribution in [3.05, 3.63) is 68.2 Å². The molecule has 0 aliphatic carbocycles. The summed E-state index contributed by atoms with van der Waals surface area (Å²) < 4.78 is 2.67. The molecule has 2 heterocycles. The molecule has 124 valence electrons. The van der Waals surface area contributed by atoms with Gasteiger partial charge in [0.05, 0.1) is 5.69 Å². The van der Waals surface area contributed by atoms with Crippen molar-refractivity contribution >= 4 is 21.7 Å². The van der Waals surface area contributed by atoms with Gasteiger partial charge >= 0.3 is 0 Å². The smallest absolute Gasteiger partial charge is 0.252 e. The Morgan fingerprint density at radius 3 is 2.88 bits per heavy atom. The summed E-state index contributed by atoms with van der Waals surface area (Å²) in [6.07, 6.45) is 0.692. The average molecular weight is 388 g/mol. The van der Waals surface area contributed by atoms with Crippen LogP contribution < -0.4 is 10.9 Å². The quantitative estimate of drug-likeness (QED) is 0.704. The molecule has 0 saturated carbocycles. The van der Waals surface area contributed by atoms with Gasteiger partial charge in [-0.25, -0.2) is 4.98 Å². The number of rotatable bonds is 5. The summed E-state index contributed by atoms with van der Waals surface area (Å²) >= 11 is 3.47. The lowest BCUT2D eigenvalue weighted by Crippen LogP contribution is -2.16. The molecule has 7 heteroatoms. The van der Waals surface area contributed by atoms with E-state index in [1.54, 1.807) is 4.68 Å². The maximum absolute atomic E-state index is 11.8. The van der Waals surface area contributed by atoms with E-state index >= 15 is 0 Å². The van der Waals surface area contributed by atoms with Crippen molar-refractivity contribution in [3.63, 3.8) is 0 Å². The van der Waals surface area contributed by atoms with Crippen LogP contribution in [0.25, 0.3) is 5.95 Å². The van der Waals surface area contributed by atoms with Gasteiger partial charge in [0.15, 0.2) is 0 Å². The van der Waals surface area contributed by atoms with Crippen LogP contribution in [-0.2, 0) is 13.0 Å². The monoisotopic (exact) mass is 387 g/mol. The third-order valence-electron chi connectivity index (χ3n) is 3.54. The summed E-state index contributed by atoms with van der Waals surface area (Å²) in [5.74, 6) is 1.20. The SMILES string of the molecule is CCc1cc(=O)[nH]c(-n2nc(C)cc2NCc2cccc(Br)c2)n1. The predicted molar refractivity (Wildman–Crippen MR) is 97.6 cm³/mol. The molecule has 0 aliphatic heterocycles. The summed E-state index contributed by atoms with van der Waals surface area (Å²) in [6.45, 7) is 4.51. The van der Waals surface area contributed by atoms with E-state index in [4.69, 9.17) is 0 Å². The fourth-order valence-electron chi connectivity index (χ4n) is 2.40. The summed E-state index contributed by atoms with van der Waals surface area (Å²) in [6, 6.07) is 11.5. The van der Waals surface area contributed by atoms with Crippen LogP contribution in [0.1, 0.15) is 23.9 Å². The maximum atomic E-state index is 11.8. The molecular formula is C17H18BrN5O. The lowest BCUT2D eigenvalue weighted by atomic mass is 10.2. The van der Waals surface area contributed by atoms with Gasteiger partial charge in [-0.05, 0) is 31.0 Å². The number of nitrogens with zero attached hydrogens (tertiary/aromatic N) is 3. The molecule has 0 saturated heterocycles.